The van der Waals surface area contributed by atoms with Crippen molar-refractivity contribution in [2.24, 2.45) is 0 Å². The number of tetrazole rings is 1. The third-order valence-corrected chi connectivity index (χ3v) is 2.73. The molecule has 0 aliphatic rings. The Morgan fingerprint density at radius 1 is 1.45 bits per heavy atom. The minimum atomic E-state index is 0.250. The van der Waals surface area contributed by atoms with E-state index in [0.29, 0.717) is 5.57 Å². The lowest BCUT2D eigenvalue weighted by atomic mass is 10.2. The van der Waals surface area contributed by atoms with Crippen LogP contribution in [0, 0.1) is 18.3 Å². The van der Waals surface area contributed by atoms with Gasteiger partial charge in [0, 0.05) is 17.3 Å². The van der Waals surface area contributed by atoms with Crippen LogP contribution in [0.25, 0.3) is 16.5 Å². The smallest absolute Gasteiger partial charge is 0.216 e. The standard InChI is InChI=1S/C13H10N6O/c1-8-4-9-5-11(2-3-12(9)20-8)15-7-10(6-14)13-16-18-19-17-13/h2-5,7,15H,1H3,(H,16,17,18,19). The maximum Gasteiger partial charge on any atom is 0.216 e. The fraction of sp³-hybridized carbons (Fsp3) is 0.0769. The maximum atomic E-state index is 9.06. The zero-order valence-electron chi connectivity index (χ0n) is 10.6. The zero-order valence-corrected chi connectivity index (χ0v) is 10.6. The molecule has 2 N–H and O–H groups in total. The van der Waals surface area contributed by atoms with Crippen molar-refractivity contribution in [2.75, 3.05) is 5.32 Å². The summed E-state index contributed by atoms with van der Waals surface area (Å²) in [5.74, 6) is 1.11. The largest absolute Gasteiger partial charge is 0.461 e. The van der Waals surface area contributed by atoms with Crippen LogP contribution in [0.3, 0.4) is 0 Å². The lowest BCUT2D eigenvalue weighted by Crippen LogP contribution is -1.92. The molecule has 7 heteroatoms. The lowest BCUT2D eigenvalue weighted by molar-refractivity contribution is 0.578. The average Bonchev–Trinajstić information content (AvgIpc) is 3.07. The number of H-pyrrole nitrogens is 1. The van der Waals surface area contributed by atoms with Crippen LogP contribution >= 0.6 is 0 Å². The Morgan fingerprint density at radius 2 is 2.35 bits per heavy atom. The van der Waals surface area contributed by atoms with Crippen molar-refractivity contribution in [3.63, 3.8) is 0 Å². The Balaban J connectivity index is 1.87. The molecule has 0 bridgehead atoms. The molecule has 1 aromatic carbocycles. The molecule has 0 amide bonds. The SMILES string of the molecule is Cc1cc2cc(NC=C(C#N)c3nn[nH]n3)ccc2o1. The van der Waals surface area contributed by atoms with Crippen molar-refractivity contribution in [1.29, 1.82) is 5.26 Å². The van der Waals surface area contributed by atoms with Gasteiger partial charge in [-0.3, -0.25) is 0 Å². The number of allylic oxidation sites excluding steroid dienone is 1. The molecule has 0 fully saturated rings. The van der Waals surface area contributed by atoms with Crippen LogP contribution in [0.2, 0.25) is 0 Å². The third-order valence-electron chi connectivity index (χ3n) is 2.73. The number of furan rings is 1. The molecule has 0 radical (unpaired) electrons. The predicted octanol–water partition coefficient (Wildman–Crippen LogP) is 2.23. The zero-order chi connectivity index (χ0) is 13.9. The van der Waals surface area contributed by atoms with Crippen LogP contribution in [0.15, 0.2) is 34.9 Å². The molecule has 0 saturated carbocycles. The van der Waals surface area contributed by atoms with E-state index >= 15 is 0 Å². The molecule has 0 aliphatic carbocycles. The summed E-state index contributed by atoms with van der Waals surface area (Å²) >= 11 is 0. The molecule has 0 aliphatic heterocycles. The average molecular weight is 266 g/mol. The van der Waals surface area contributed by atoms with Crippen LogP contribution in [0.5, 0.6) is 0 Å². The van der Waals surface area contributed by atoms with Gasteiger partial charge < -0.3 is 9.73 Å². The molecular weight excluding hydrogens is 256 g/mol. The Bertz CT molecular complexity index is 809. The van der Waals surface area contributed by atoms with E-state index in [1.165, 1.54) is 0 Å². The minimum Gasteiger partial charge on any atom is -0.461 e. The molecule has 0 unspecified atom stereocenters. The number of benzene rings is 1. The van der Waals surface area contributed by atoms with Gasteiger partial charge in [0.15, 0.2) is 0 Å². The second-order valence-corrected chi connectivity index (χ2v) is 4.16. The molecular formula is C13H10N6O. The molecule has 20 heavy (non-hydrogen) atoms. The molecule has 0 saturated heterocycles. The van der Waals surface area contributed by atoms with Crippen molar-refractivity contribution < 1.29 is 4.42 Å². The maximum absolute atomic E-state index is 9.06. The van der Waals surface area contributed by atoms with Crippen molar-refractivity contribution in [2.45, 2.75) is 6.92 Å². The summed E-state index contributed by atoms with van der Waals surface area (Å²) in [6.07, 6.45) is 1.54. The van der Waals surface area contributed by atoms with Gasteiger partial charge in [-0.25, -0.2) is 0 Å². The lowest BCUT2D eigenvalue weighted by Gasteiger charge is -2.00. The number of hydrogen-bond donors (Lipinski definition) is 2. The highest BCUT2D eigenvalue weighted by Crippen LogP contribution is 2.22. The van der Waals surface area contributed by atoms with E-state index in [9.17, 15) is 0 Å². The quantitative estimate of drug-likeness (QED) is 0.704. The summed E-state index contributed by atoms with van der Waals surface area (Å²) < 4.78 is 5.50. The second kappa shape index (κ2) is 4.85. The van der Waals surface area contributed by atoms with Crippen LogP contribution in [-0.2, 0) is 0 Å². The Labute approximate surface area is 113 Å². The van der Waals surface area contributed by atoms with Gasteiger partial charge in [-0.15, -0.1) is 10.2 Å². The summed E-state index contributed by atoms with van der Waals surface area (Å²) in [6, 6.07) is 9.64. The van der Waals surface area contributed by atoms with Gasteiger partial charge >= 0.3 is 0 Å². The number of aromatic nitrogens is 4. The molecule has 0 spiro atoms. The normalized spacial score (nSPS) is 11.5. The monoisotopic (exact) mass is 266 g/mol. The van der Waals surface area contributed by atoms with Crippen LogP contribution in [0.1, 0.15) is 11.6 Å². The summed E-state index contributed by atoms with van der Waals surface area (Å²) in [6.45, 7) is 1.90. The van der Waals surface area contributed by atoms with Crippen LogP contribution in [-0.4, -0.2) is 20.6 Å². The number of anilines is 1. The first-order valence-electron chi connectivity index (χ1n) is 5.87. The number of nitrogens with zero attached hydrogens (tertiary/aromatic N) is 4. The van der Waals surface area contributed by atoms with E-state index in [1.807, 2.05) is 37.3 Å². The van der Waals surface area contributed by atoms with Crippen LogP contribution in [0.4, 0.5) is 5.69 Å². The molecule has 2 aromatic heterocycles. The van der Waals surface area contributed by atoms with Gasteiger partial charge in [0.05, 0.1) is 0 Å². The van der Waals surface area contributed by atoms with Crippen molar-refractivity contribution in [3.8, 4) is 6.07 Å². The van der Waals surface area contributed by atoms with E-state index in [0.717, 1.165) is 22.4 Å². The molecule has 2 heterocycles. The molecule has 3 rings (SSSR count). The predicted molar refractivity (Wildman–Crippen MR) is 72.3 cm³/mol. The highest BCUT2D eigenvalue weighted by Gasteiger charge is 2.06. The van der Waals surface area contributed by atoms with Crippen molar-refractivity contribution >= 4 is 22.2 Å². The molecule has 98 valence electrons. The molecule has 3 aromatic rings. The van der Waals surface area contributed by atoms with Gasteiger partial charge in [-0.2, -0.15) is 10.5 Å². The first-order chi connectivity index (χ1) is 9.76. The van der Waals surface area contributed by atoms with Gasteiger partial charge in [-0.1, -0.05) is 0 Å². The van der Waals surface area contributed by atoms with Crippen molar-refractivity contribution in [1.82, 2.24) is 20.6 Å². The topological polar surface area (TPSA) is 103 Å². The number of rotatable bonds is 3. The summed E-state index contributed by atoms with van der Waals surface area (Å²) in [5.41, 5.74) is 1.97. The van der Waals surface area contributed by atoms with Gasteiger partial charge in [-0.05, 0) is 36.4 Å². The van der Waals surface area contributed by atoms with Gasteiger partial charge in [0.25, 0.3) is 0 Å². The van der Waals surface area contributed by atoms with Gasteiger partial charge in [0.2, 0.25) is 5.82 Å². The van der Waals surface area contributed by atoms with E-state index < -0.39 is 0 Å². The van der Waals surface area contributed by atoms with E-state index in [-0.39, 0.29) is 5.82 Å². The number of fused-ring (bicyclic) bond motifs is 1. The number of nitriles is 1. The number of nitrogens with one attached hydrogen (secondary N) is 2. The van der Waals surface area contributed by atoms with Gasteiger partial charge in [0.1, 0.15) is 23.0 Å². The third kappa shape index (κ3) is 2.22. The highest BCUT2D eigenvalue weighted by atomic mass is 16.3. The summed E-state index contributed by atoms with van der Waals surface area (Å²) in [5, 5.41) is 26.3. The number of hydrogen-bond acceptors (Lipinski definition) is 6. The number of aryl methyl sites for hydroxylation is 1. The molecule has 0 atom stereocenters. The van der Waals surface area contributed by atoms with Crippen LogP contribution < -0.4 is 5.32 Å². The minimum absolute atomic E-state index is 0.250. The second-order valence-electron chi connectivity index (χ2n) is 4.16. The first kappa shape index (κ1) is 11.9. The van der Waals surface area contributed by atoms with E-state index in [1.54, 1.807) is 6.20 Å². The Morgan fingerprint density at radius 3 is 3.10 bits per heavy atom. The fourth-order valence-electron chi connectivity index (χ4n) is 1.84. The van der Waals surface area contributed by atoms with E-state index in [4.69, 9.17) is 9.68 Å². The molecule has 7 nitrogen and oxygen atoms in total. The highest BCUT2D eigenvalue weighted by molar-refractivity contribution is 5.83. The first-order valence-corrected chi connectivity index (χ1v) is 5.87. The van der Waals surface area contributed by atoms with E-state index in [2.05, 4.69) is 25.9 Å². The summed E-state index contributed by atoms with van der Waals surface area (Å²) in [4.78, 5) is 0. The number of aromatic amines is 1. The fourth-order valence-corrected chi connectivity index (χ4v) is 1.84. The Kier molecular flexibility index (Phi) is 2.89. The Hall–Kier alpha value is -3.14. The van der Waals surface area contributed by atoms with Crippen molar-refractivity contribution in [3.05, 3.63) is 42.1 Å². The summed E-state index contributed by atoms with van der Waals surface area (Å²) in [7, 11) is 0.